The van der Waals surface area contributed by atoms with E-state index < -0.39 is 23.5 Å². The van der Waals surface area contributed by atoms with E-state index in [1.54, 1.807) is 0 Å². The first-order valence-electron chi connectivity index (χ1n) is 5.00. The average molecular weight is 254 g/mol. The lowest BCUT2D eigenvalue weighted by atomic mass is 9.99. The van der Waals surface area contributed by atoms with E-state index in [0.29, 0.717) is 6.42 Å². The second-order valence-electron chi connectivity index (χ2n) is 4.01. The SMILES string of the molecule is FC(F)(F)c1cc2c(c(C(F)(F)F)c1)CCC2. The van der Waals surface area contributed by atoms with Crippen molar-refractivity contribution in [3.8, 4) is 0 Å². The van der Waals surface area contributed by atoms with E-state index in [1.807, 2.05) is 0 Å². The number of alkyl halides is 6. The molecule has 0 radical (unpaired) electrons. The maximum absolute atomic E-state index is 12.6. The number of halogens is 6. The predicted octanol–water partition coefficient (Wildman–Crippen LogP) is 4.21. The second kappa shape index (κ2) is 3.65. The molecule has 1 aliphatic carbocycles. The first-order valence-corrected chi connectivity index (χ1v) is 5.00. The minimum absolute atomic E-state index is 0.0190. The summed E-state index contributed by atoms with van der Waals surface area (Å²) in [6.07, 6.45) is -8.52. The van der Waals surface area contributed by atoms with Gasteiger partial charge in [-0.1, -0.05) is 0 Å². The van der Waals surface area contributed by atoms with Crippen LogP contribution in [0.3, 0.4) is 0 Å². The first kappa shape index (κ1) is 12.3. The molecule has 17 heavy (non-hydrogen) atoms. The Kier molecular flexibility index (Phi) is 2.63. The monoisotopic (exact) mass is 254 g/mol. The molecule has 0 N–H and O–H groups in total. The largest absolute Gasteiger partial charge is 0.416 e. The Morgan fingerprint density at radius 1 is 0.824 bits per heavy atom. The summed E-state index contributed by atoms with van der Waals surface area (Å²) in [5.41, 5.74) is -2.16. The number of benzene rings is 1. The van der Waals surface area contributed by atoms with Crippen molar-refractivity contribution in [3.63, 3.8) is 0 Å². The van der Waals surface area contributed by atoms with Crippen LogP contribution in [-0.2, 0) is 25.2 Å². The van der Waals surface area contributed by atoms with Crippen molar-refractivity contribution in [2.24, 2.45) is 0 Å². The lowest BCUT2D eigenvalue weighted by molar-refractivity contribution is -0.143. The van der Waals surface area contributed by atoms with Gasteiger partial charge in [0.05, 0.1) is 11.1 Å². The van der Waals surface area contributed by atoms with E-state index in [-0.39, 0.29) is 30.0 Å². The van der Waals surface area contributed by atoms with Crippen LogP contribution in [0.15, 0.2) is 12.1 Å². The maximum atomic E-state index is 12.6. The molecule has 0 unspecified atom stereocenters. The number of fused-ring (bicyclic) bond motifs is 1. The van der Waals surface area contributed by atoms with Crippen molar-refractivity contribution in [1.29, 1.82) is 0 Å². The fourth-order valence-corrected chi connectivity index (χ4v) is 2.12. The van der Waals surface area contributed by atoms with Crippen molar-refractivity contribution in [1.82, 2.24) is 0 Å². The smallest absolute Gasteiger partial charge is 0.166 e. The molecule has 0 heterocycles. The summed E-state index contributed by atoms with van der Waals surface area (Å²) in [6.45, 7) is 0. The van der Waals surface area contributed by atoms with Crippen molar-refractivity contribution in [2.75, 3.05) is 0 Å². The van der Waals surface area contributed by atoms with Crippen LogP contribution >= 0.6 is 0 Å². The van der Waals surface area contributed by atoms with E-state index in [2.05, 4.69) is 0 Å². The highest BCUT2D eigenvalue weighted by Gasteiger charge is 2.39. The Bertz CT molecular complexity index is 441. The van der Waals surface area contributed by atoms with E-state index in [4.69, 9.17) is 0 Å². The summed E-state index contributed by atoms with van der Waals surface area (Å²) in [5, 5.41) is 0. The number of hydrogen-bond acceptors (Lipinski definition) is 0. The highest BCUT2D eigenvalue weighted by Crippen LogP contribution is 2.41. The summed E-state index contributed by atoms with van der Waals surface area (Å²) >= 11 is 0. The van der Waals surface area contributed by atoms with Gasteiger partial charge in [-0.15, -0.1) is 0 Å². The van der Waals surface area contributed by atoms with Gasteiger partial charge in [-0.2, -0.15) is 26.3 Å². The van der Waals surface area contributed by atoms with Crippen molar-refractivity contribution < 1.29 is 26.3 Å². The fourth-order valence-electron chi connectivity index (χ4n) is 2.12. The number of rotatable bonds is 0. The molecular weight excluding hydrogens is 246 g/mol. The fraction of sp³-hybridized carbons (Fsp3) is 0.455. The topological polar surface area (TPSA) is 0 Å². The molecular formula is C11H8F6. The Morgan fingerprint density at radius 2 is 1.47 bits per heavy atom. The maximum Gasteiger partial charge on any atom is 0.416 e. The summed E-state index contributed by atoms with van der Waals surface area (Å²) < 4.78 is 75.3. The lowest BCUT2D eigenvalue weighted by Crippen LogP contribution is -2.13. The quantitative estimate of drug-likeness (QED) is 0.608. The van der Waals surface area contributed by atoms with Gasteiger partial charge in [-0.25, -0.2) is 0 Å². The Morgan fingerprint density at radius 3 is 2.00 bits per heavy atom. The van der Waals surface area contributed by atoms with Crippen molar-refractivity contribution in [3.05, 3.63) is 34.4 Å². The minimum Gasteiger partial charge on any atom is -0.166 e. The van der Waals surface area contributed by atoms with Gasteiger partial charge in [-0.05, 0) is 42.5 Å². The molecule has 6 heteroatoms. The van der Waals surface area contributed by atoms with Crippen LogP contribution in [-0.4, -0.2) is 0 Å². The van der Waals surface area contributed by atoms with Crippen molar-refractivity contribution >= 4 is 0 Å². The van der Waals surface area contributed by atoms with Gasteiger partial charge in [-0.3, -0.25) is 0 Å². The van der Waals surface area contributed by atoms with Gasteiger partial charge in [0, 0.05) is 0 Å². The van der Waals surface area contributed by atoms with Crippen LogP contribution < -0.4 is 0 Å². The van der Waals surface area contributed by atoms with Crippen LogP contribution in [0, 0.1) is 0 Å². The van der Waals surface area contributed by atoms with Gasteiger partial charge in [0.1, 0.15) is 0 Å². The first-order chi connectivity index (χ1) is 7.69. The zero-order valence-electron chi connectivity index (χ0n) is 8.54. The van der Waals surface area contributed by atoms with Gasteiger partial charge in [0.2, 0.25) is 0 Å². The van der Waals surface area contributed by atoms with Crippen LogP contribution in [0.1, 0.15) is 28.7 Å². The summed E-state index contributed by atoms with van der Waals surface area (Å²) in [7, 11) is 0. The zero-order chi connectivity index (χ0) is 12.8. The highest BCUT2D eigenvalue weighted by atomic mass is 19.4. The highest BCUT2D eigenvalue weighted by molar-refractivity contribution is 5.44. The van der Waals surface area contributed by atoms with Gasteiger partial charge in [0.15, 0.2) is 0 Å². The Hall–Kier alpha value is -1.20. The van der Waals surface area contributed by atoms with Gasteiger partial charge < -0.3 is 0 Å². The molecule has 94 valence electrons. The normalized spacial score (nSPS) is 16.1. The van der Waals surface area contributed by atoms with Crippen LogP contribution in [0.25, 0.3) is 0 Å². The molecule has 0 saturated heterocycles. The third-order valence-electron chi connectivity index (χ3n) is 2.85. The van der Waals surface area contributed by atoms with E-state index in [1.165, 1.54) is 0 Å². The van der Waals surface area contributed by atoms with Gasteiger partial charge >= 0.3 is 12.4 Å². The van der Waals surface area contributed by atoms with Gasteiger partial charge in [0.25, 0.3) is 0 Å². The molecule has 0 fully saturated rings. The average Bonchev–Trinajstić information content (AvgIpc) is 2.59. The molecule has 0 bridgehead atoms. The molecule has 0 spiro atoms. The van der Waals surface area contributed by atoms with Crippen LogP contribution in [0.4, 0.5) is 26.3 Å². The Balaban J connectivity index is 2.62. The Labute approximate surface area is 93.2 Å². The molecule has 1 aromatic carbocycles. The molecule has 0 aromatic heterocycles. The molecule has 0 aliphatic heterocycles. The standard InChI is InChI=1S/C11H8F6/c12-10(13,14)7-4-6-2-1-3-8(6)9(5-7)11(15,16)17/h4-5H,1-3H2. The molecule has 0 atom stereocenters. The summed E-state index contributed by atoms with van der Waals surface area (Å²) in [6, 6.07) is 1.04. The lowest BCUT2D eigenvalue weighted by Gasteiger charge is -2.16. The third-order valence-corrected chi connectivity index (χ3v) is 2.85. The summed E-state index contributed by atoms with van der Waals surface area (Å²) in [4.78, 5) is 0. The molecule has 0 nitrogen and oxygen atoms in total. The van der Waals surface area contributed by atoms with E-state index in [9.17, 15) is 26.3 Å². The molecule has 1 aliphatic rings. The number of hydrogen-bond donors (Lipinski definition) is 0. The summed E-state index contributed by atoms with van der Waals surface area (Å²) in [5.74, 6) is 0. The minimum atomic E-state index is -4.74. The molecule has 1 aromatic rings. The second-order valence-corrected chi connectivity index (χ2v) is 4.01. The molecule has 2 rings (SSSR count). The van der Waals surface area contributed by atoms with Crippen molar-refractivity contribution in [2.45, 2.75) is 31.6 Å². The molecule has 0 saturated carbocycles. The number of aryl methyl sites for hydroxylation is 1. The van der Waals surface area contributed by atoms with E-state index >= 15 is 0 Å². The third kappa shape index (κ3) is 2.25. The van der Waals surface area contributed by atoms with E-state index in [0.717, 1.165) is 6.07 Å². The van der Waals surface area contributed by atoms with Crippen LogP contribution in [0.2, 0.25) is 0 Å². The molecule has 0 amide bonds. The predicted molar refractivity (Wildman–Crippen MR) is 48.5 cm³/mol. The van der Waals surface area contributed by atoms with Crippen LogP contribution in [0.5, 0.6) is 0 Å². The zero-order valence-corrected chi connectivity index (χ0v) is 8.54.